The van der Waals surface area contributed by atoms with Crippen molar-refractivity contribution in [3.63, 3.8) is 0 Å². The van der Waals surface area contributed by atoms with Crippen LogP contribution in [-0.2, 0) is 17.8 Å². The zero-order chi connectivity index (χ0) is 13.3. The fourth-order valence-corrected chi connectivity index (χ4v) is 2.22. The van der Waals surface area contributed by atoms with Crippen molar-refractivity contribution in [3.8, 4) is 0 Å². The molecule has 0 aromatic carbocycles. The molecule has 0 fully saturated rings. The molecule has 0 radical (unpaired) electrons. The Labute approximate surface area is 108 Å². The maximum absolute atomic E-state index is 12.2. The Morgan fingerprint density at radius 1 is 1.50 bits per heavy atom. The van der Waals surface area contributed by atoms with Gasteiger partial charge in [0.15, 0.2) is 0 Å². The van der Waals surface area contributed by atoms with Gasteiger partial charge in [0.2, 0.25) is 5.91 Å². The molecular weight excluding hydrogens is 226 g/mol. The Kier molecular flexibility index (Phi) is 3.28. The van der Waals surface area contributed by atoms with Crippen LogP contribution in [0.25, 0.3) is 0 Å². The van der Waals surface area contributed by atoms with E-state index < -0.39 is 0 Å². The Morgan fingerprint density at radius 2 is 2.22 bits per heavy atom. The number of pyridine rings is 1. The van der Waals surface area contributed by atoms with Crippen molar-refractivity contribution in [3.05, 3.63) is 23.5 Å². The van der Waals surface area contributed by atoms with E-state index in [1.165, 1.54) is 0 Å². The third-order valence-corrected chi connectivity index (χ3v) is 3.10. The van der Waals surface area contributed by atoms with E-state index >= 15 is 0 Å². The molecule has 1 amide bonds. The van der Waals surface area contributed by atoms with Crippen molar-refractivity contribution in [2.45, 2.75) is 40.2 Å². The second-order valence-corrected chi connectivity index (χ2v) is 6.18. The normalized spacial score (nSPS) is 15.4. The number of nitrogen functional groups attached to an aromatic ring is 1. The molecule has 0 spiro atoms. The highest BCUT2D eigenvalue weighted by Crippen LogP contribution is 2.24. The monoisotopic (exact) mass is 247 g/mol. The third kappa shape index (κ3) is 3.00. The maximum atomic E-state index is 12.2. The Hall–Kier alpha value is -1.58. The van der Waals surface area contributed by atoms with Crippen LogP contribution in [-0.4, -0.2) is 22.3 Å². The lowest BCUT2D eigenvalue weighted by atomic mass is 9.91. The number of carbonyl (C=O) groups excluding carboxylic acids is 1. The van der Waals surface area contributed by atoms with Crippen LogP contribution in [0.2, 0.25) is 0 Å². The number of anilines is 1. The first-order valence-electron chi connectivity index (χ1n) is 6.36. The SMILES string of the molecule is CC(C)(C)CC(=O)N1CCc2ncc(N)cc2C1. The average Bonchev–Trinajstić information content (AvgIpc) is 2.25. The Balaban J connectivity index is 2.09. The Morgan fingerprint density at radius 3 is 2.89 bits per heavy atom. The highest BCUT2D eigenvalue weighted by atomic mass is 16.2. The van der Waals surface area contributed by atoms with Crippen LogP contribution in [0.4, 0.5) is 5.69 Å². The van der Waals surface area contributed by atoms with E-state index in [-0.39, 0.29) is 11.3 Å². The van der Waals surface area contributed by atoms with E-state index in [1.54, 1.807) is 6.20 Å². The molecule has 0 atom stereocenters. The summed E-state index contributed by atoms with van der Waals surface area (Å²) in [5, 5.41) is 0. The van der Waals surface area contributed by atoms with Gasteiger partial charge < -0.3 is 10.6 Å². The molecule has 2 rings (SSSR count). The first kappa shape index (κ1) is 12.9. The number of hydrogen-bond donors (Lipinski definition) is 1. The summed E-state index contributed by atoms with van der Waals surface area (Å²) >= 11 is 0. The van der Waals surface area contributed by atoms with Crippen LogP contribution in [0, 0.1) is 5.41 Å². The molecule has 18 heavy (non-hydrogen) atoms. The number of hydrogen-bond acceptors (Lipinski definition) is 3. The molecule has 0 unspecified atom stereocenters. The van der Waals surface area contributed by atoms with Gasteiger partial charge in [-0.25, -0.2) is 0 Å². The highest BCUT2D eigenvalue weighted by molar-refractivity contribution is 5.77. The molecule has 0 aliphatic carbocycles. The van der Waals surface area contributed by atoms with E-state index in [0.29, 0.717) is 18.7 Å². The van der Waals surface area contributed by atoms with E-state index in [1.807, 2.05) is 11.0 Å². The molecule has 4 heteroatoms. The molecule has 2 heterocycles. The number of amides is 1. The summed E-state index contributed by atoms with van der Waals surface area (Å²) in [6.07, 6.45) is 3.09. The van der Waals surface area contributed by atoms with Gasteiger partial charge in [0.25, 0.3) is 0 Å². The van der Waals surface area contributed by atoms with Crippen molar-refractivity contribution >= 4 is 11.6 Å². The summed E-state index contributed by atoms with van der Waals surface area (Å²) < 4.78 is 0. The quantitative estimate of drug-likeness (QED) is 0.825. The number of nitrogens with zero attached hydrogens (tertiary/aromatic N) is 2. The lowest BCUT2D eigenvalue weighted by molar-refractivity contribution is -0.134. The second-order valence-electron chi connectivity index (χ2n) is 6.18. The first-order chi connectivity index (χ1) is 8.35. The third-order valence-electron chi connectivity index (χ3n) is 3.10. The molecule has 0 bridgehead atoms. The second kappa shape index (κ2) is 4.59. The molecule has 1 aliphatic rings. The van der Waals surface area contributed by atoms with Gasteiger partial charge in [-0.15, -0.1) is 0 Å². The molecule has 1 aromatic rings. The summed E-state index contributed by atoms with van der Waals surface area (Å²) in [4.78, 5) is 18.4. The molecule has 4 nitrogen and oxygen atoms in total. The number of carbonyl (C=O) groups is 1. The van der Waals surface area contributed by atoms with Gasteiger partial charge in [0.1, 0.15) is 0 Å². The maximum Gasteiger partial charge on any atom is 0.223 e. The van der Waals surface area contributed by atoms with E-state index in [0.717, 1.165) is 24.2 Å². The van der Waals surface area contributed by atoms with Crippen molar-refractivity contribution in [1.82, 2.24) is 9.88 Å². The molecule has 0 saturated heterocycles. The van der Waals surface area contributed by atoms with Gasteiger partial charge in [-0.05, 0) is 17.0 Å². The fourth-order valence-electron chi connectivity index (χ4n) is 2.22. The fraction of sp³-hybridized carbons (Fsp3) is 0.571. The van der Waals surface area contributed by atoms with Crippen LogP contribution in [0.1, 0.15) is 38.4 Å². The van der Waals surface area contributed by atoms with Gasteiger partial charge in [-0.3, -0.25) is 9.78 Å². The minimum absolute atomic E-state index is 0.0331. The molecule has 0 saturated carbocycles. The van der Waals surface area contributed by atoms with Gasteiger partial charge in [0, 0.05) is 31.6 Å². The smallest absolute Gasteiger partial charge is 0.223 e. The average molecular weight is 247 g/mol. The lowest BCUT2D eigenvalue weighted by Crippen LogP contribution is -2.38. The van der Waals surface area contributed by atoms with Crippen molar-refractivity contribution < 1.29 is 4.79 Å². The van der Waals surface area contributed by atoms with Gasteiger partial charge in [-0.1, -0.05) is 20.8 Å². The molecule has 2 N–H and O–H groups in total. The van der Waals surface area contributed by atoms with Crippen LogP contribution < -0.4 is 5.73 Å². The molecule has 1 aliphatic heterocycles. The van der Waals surface area contributed by atoms with Crippen LogP contribution in [0.15, 0.2) is 12.3 Å². The Bertz CT molecular complexity index is 463. The predicted octanol–water partition coefficient (Wildman–Crippen LogP) is 1.98. The van der Waals surface area contributed by atoms with Crippen LogP contribution in [0.3, 0.4) is 0 Å². The zero-order valence-electron chi connectivity index (χ0n) is 11.4. The van der Waals surface area contributed by atoms with Gasteiger partial charge in [-0.2, -0.15) is 0 Å². The molecule has 98 valence electrons. The first-order valence-corrected chi connectivity index (χ1v) is 6.36. The summed E-state index contributed by atoms with van der Waals surface area (Å²) in [5.41, 5.74) is 8.60. The largest absolute Gasteiger partial charge is 0.397 e. The van der Waals surface area contributed by atoms with E-state index in [2.05, 4.69) is 25.8 Å². The van der Waals surface area contributed by atoms with Crippen molar-refractivity contribution in [2.75, 3.05) is 12.3 Å². The summed E-state index contributed by atoms with van der Waals surface area (Å²) in [5.74, 6) is 0.218. The number of fused-ring (bicyclic) bond motifs is 1. The van der Waals surface area contributed by atoms with Crippen LogP contribution >= 0.6 is 0 Å². The zero-order valence-corrected chi connectivity index (χ0v) is 11.4. The van der Waals surface area contributed by atoms with Gasteiger partial charge >= 0.3 is 0 Å². The highest BCUT2D eigenvalue weighted by Gasteiger charge is 2.25. The van der Waals surface area contributed by atoms with Crippen LogP contribution in [0.5, 0.6) is 0 Å². The lowest BCUT2D eigenvalue weighted by Gasteiger charge is -2.30. The summed E-state index contributed by atoms with van der Waals surface area (Å²) in [6, 6.07) is 1.93. The van der Waals surface area contributed by atoms with E-state index in [4.69, 9.17) is 5.73 Å². The topological polar surface area (TPSA) is 59.2 Å². The number of aromatic nitrogens is 1. The minimum Gasteiger partial charge on any atom is -0.397 e. The summed E-state index contributed by atoms with van der Waals surface area (Å²) in [6.45, 7) is 7.66. The number of rotatable bonds is 1. The molecular formula is C14H21N3O. The minimum atomic E-state index is 0.0331. The van der Waals surface area contributed by atoms with E-state index in [9.17, 15) is 4.79 Å². The standard InChI is InChI=1S/C14H21N3O/c1-14(2,3)7-13(18)17-5-4-12-10(9-17)6-11(15)8-16-12/h6,8H,4-5,7,9,15H2,1-3H3. The summed E-state index contributed by atoms with van der Waals surface area (Å²) in [7, 11) is 0. The molecule has 1 aromatic heterocycles. The van der Waals surface area contributed by atoms with Crippen molar-refractivity contribution in [1.29, 1.82) is 0 Å². The van der Waals surface area contributed by atoms with Gasteiger partial charge in [0.05, 0.1) is 11.9 Å². The number of nitrogens with two attached hydrogens (primary N) is 1. The van der Waals surface area contributed by atoms with Crippen molar-refractivity contribution in [2.24, 2.45) is 5.41 Å². The predicted molar refractivity (Wildman–Crippen MR) is 71.8 cm³/mol.